The predicted octanol–water partition coefficient (Wildman–Crippen LogP) is 21.8. The average Bonchev–Trinajstić information content (AvgIpc) is 1.05. The van der Waals surface area contributed by atoms with Gasteiger partial charge in [-0.15, -0.1) is 0 Å². The van der Waals surface area contributed by atoms with Crippen molar-refractivity contribution in [2.45, 2.75) is 0 Å². The molecule has 0 amide bonds. The van der Waals surface area contributed by atoms with Gasteiger partial charge in [0.15, 0.2) is 34.9 Å². The number of rotatable bonds is 13. The molecule has 0 aliphatic rings. The topological polar surface area (TPSA) is 125 Å². The van der Waals surface area contributed by atoms with Crippen molar-refractivity contribution in [3.05, 3.63) is 339 Å². The lowest BCUT2D eigenvalue weighted by Gasteiger charge is -2.15. The normalized spacial score (nSPS) is 11.1. The predicted molar refractivity (Wildman–Crippen MR) is 388 cm³/mol. The fourth-order valence-electron chi connectivity index (χ4n) is 12.6. The van der Waals surface area contributed by atoms with E-state index in [9.17, 15) is 10.5 Å². The third-order valence-electron chi connectivity index (χ3n) is 17.7. The summed E-state index contributed by atoms with van der Waals surface area (Å²) >= 11 is 0. The van der Waals surface area contributed by atoms with Crippen LogP contribution in [0.3, 0.4) is 0 Å². The molecule has 446 valence electrons. The molecule has 0 aliphatic heterocycles. The first-order chi connectivity index (χ1) is 47.4. The molecule has 0 fully saturated rings. The van der Waals surface area contributed by atoms with Gasteiger partial charge in [-0.05, 0) is 148 Å². The van der Waals surface area contributed by atoms with E-state index in [1.54, 1.807) is 0 Å². The minimum atomic E-state index is 0.571. The van der Waals surface area contributed by atoms with Gasteiger partial charge in [-0.3, -0.25) is 0 Å². The molecule has 8 nitrogen and oxygen atoms in total. The van der Waals surface area contributed by atoms with Crippen LogP contribution in [0.4, 0.5) is 0 Å². The van der Waals surface area contributed by atoms with Gasteiger partial charge in [0.2, 0.25) is 0 Å². The molecule has 0 saturated heterocycles. The van der Waals surface area contributed by atoms with E-state index in [1.807, 2.05) is 140 Å². The number of fused-ring (bicyclic) bond motifs is 2. The summed E-state index contributed by atoms with van der Waals surface area (Å²) in [4.78, 5) is 30.4. The quantitative estimate of drug-likeness (QED) is 0.112. The molecule has 0 unspecified atom stereocenters. The molecule has 0 bridgehead atoms. The number of hydrogen-bond acceptors (Lipinski definition) is 8. The van der Waals surface area contributed by atoms with Crippen molar-refractivity contribution in [3.8, 4) is 158 Å². The first-order valence-electron chi connectivity index (χ1n) is 31.7. The summed E-state index contributed by atoms with van der Waals surface area (Å²) in [6.07, 6.45) is 0. The van der Waals surface area contributed by atoms with E-state index in [1.165, 1.54) is 0 Å². The number of nitrogens with zero attached hydrogens (tertiary/aromatic N) is 8. The lowest BCUT2D eigenvalue weighted by atomic mass is 9.89. The zero-order chi connectivity index (χ0) is 64.3. The second-order valence-corrected chi connectivity index (χ2v) is 23.7. The third kappa shape index (κ3) is 11.6. The van der Waals surface area contributed by atoms with Crippen molar-refractivity contribution in [1.29, 1.82) is 10.5 Å². The van der Waals surface area contributed by atoms with Crippen molar-refractivity contribution in [1.82, 2.24) is 29.9 Å². The number of aromatic nitrogens is 6. The van der Waals surface area contributed by atoms with Crippen molar-refractivity contribution < 1.29 is 0 Å². The minimum Gasteiger partial charge on any atom is -0.208 e. The second-order valence-electron chi connectivity index (χ2n) is 23.7. The number of benzene rings is 14. The summed E-state index contributed by atoms with van der Waals surface area (Å²) in [7, 11) is 0. The largest absolute Gasteiger partial charge is 0.208 e. The van der Waals surface area contributed by atoms with E-state index in [2.05, 4.69) is 200 Å². The summed E-state index contributed by atoms with van der Waals surface area (Å²) in [5.74, 6) is 3.53. The number of hydrogen-bond donors (Lipinski definition) is 0. The van der Waals surface area contributed by atoms with E-state index in [0.29, 0.717) is 46.1 Å². The lowest BCUT2D eigenvalue weighted by molar-refractivity contribution is 1.07. The van der Waals surface area contributed by atoms with Gasteiger partial charge in [-0.2, -0.15) is 10.5 Å². The van der Waals surface area contributed by atoms with E-state index in [0.717, 1.165) is 133 Å². The molecular formula is C88H54N8. The maximum atomic E-state index is 9.85. The highest BCUT2D eigenvalue weighted by Crippen LogP contribution is 2.42. The van der Waals surface area contributed by atoms with E-state index in [4.69, 9.17) is 29.9 Å². The Balaban J connectivity index is 0.733. The van der Waals surface area contributed by atoms with Crippen LogP contribution in [-0.4, -0.2) is 29.9 Å². The standard InChI is InChI=1S/C88H54N8/c89-55-57-15-14-25-71(49-57)58-27-31-61(32-28-58)81-53-75-48-47-74(50-77(75)54-82(81)64-39-45-69(46-40-64)87-92-83(65-16-4-1-5-17-65)91-84(93-87)66-18-6-2-7-19-66)59-29-41-68(42-30-59)86-94-85(67-20-8-3-9-21-67)95-88(96-86)70-43-37-63(38-44-70)80-52-73-23-11-10-22-72(73)51-79(80)62-35-33-60(34-36-62)78-26-13-12-24-76(78)56-90/h1-54H. The first-order valence-corrected chi connectivity index (χ1v) is 31.7. The molecule has 8 heteroatoms. The molecule has 0 aliphatic carbocycles. The Morgan fingerprint density at radius 2 is 0.458 bits per heavy atom. The van der Waals surface area contributed by atoms with Crippen LogP contribution in [0, 0.1) is 22.7 Å². The van der Waals surface area contributed by atoms with Gasteiger partial charge in [0.05, 0.1) is 23.3 Å². The fourth-order valence-corrected chi connectivity index (χ4v) is 12.6. The molecule has 2 heterocycles. The third-order valence-corrected chi connectivity index (χ3v) is 17.7. The van der Waals surface area contributed by atoms with E-state index < -0.39 is 0 Å². The minimum absolute atomic E-state index is 0.571. The average molecular weight is 1220 g/mol. The lowest BCUT2D eigenvalue weighted by Crippen LogP contribution is -2.00. The van der Waals surface area contributed by atoms with Crippen LogP contribution in [0.1, 0.15) is 11.1 Å². The molecular weight excluding hydrogens is 1170 g/mol. The van der Waals surface area contributed by atoms with Gasteiger partial charge in [-0.25, -0.2) is 29.9 Å². The van der Waals surface area contributed by atoms with Crippen LogP contribution in [0.15, 0.2) is 328 Å². The molecule has 16 rings (SSSR count). The van der Waals surface area contributed by atoms with Crippen molar-refractivity contribution >= 4 is 21.5 Å². The Kier molecular flexibility index (Phi) is 15.2. The van der Waals surface area contributed by atoms with Crippen LogP contribution < -0.4 is 0 Å². The molecule has 0 radical (unpaired) electrons. The Bertz CT molecular complexity index is 5610. The molecule has 2 aromatic heterocycles. The summed E-state index contributed by atoms with van der Waals surface area (Å²) < 4.78 is 0. The summed E-state index contributed by atoms with van der Waals surface area (Å²) in [6.45, 7) is 0. The van der Waals surface area contributed by atoms with Gasteiger partial charge >= 0.3 is 0 Å². The maximum Gasteiger partial charge on any atom is 0.164 e. The van der Waals surface area contributed by atoms with Gasteiger partial charge < -0.3 is 0 Å². The van der Waals surface area contributed by atoms with E-state index >= 15 is 0 Å². The first kappa shape index (κ1) is 57.7. The van der Waals surface area contributed by atoms with Crippen LogP contribution >= 0.6 is 0 Å². The van der Waals surface area contributed by atoms with Crippen LogP contribution in [0.25, 0.3) is 168 Å². The maximum absolute atomic E-state index is 9.85. The van der Waals surface area contributed by atoms with E-state index in [-0.39, 0.29) is 0 Å². The number of nitriles is 2. The van der Waals surface area contributed by atoms with Gasteiger partial charge in [-0.1, -0.05) is 279 Å². The smallest absolute Gasteiger partial charge is 0.164 e. The van der Waals surface area contributed by atoms with Gasteiger partial charge in [0.25, 0.3) is 0 Å². The Labute approximate surface area is 555 Å². The van der Waals surface area contributed by atoms with Gasteiger partial charge in [0, 0.05) is 33.4 Å². The van der Waals surface area contributed by atoms with Crippen molar-refractivity contribution in [2.75, 3.05) is 0 Å². The van der Waals surface area contributed by atoms with Crippen LogP contribution in [0.2, 0.25) is 0 Å². The molecule has 0 N–H and O–H groups in total. The van der Waals surface area contributed by atoms with Crippen LogP contribution in [-0.2, 0) is 0 Å². The van der Waals surface area contributed by atoms with Crippen LogP contribution in [0.5, 0.6) is 0 Å². The monoisotopic (exact) mass is 1220 g/mol. The molecule has 0 spiro atoms. The van der Waals surface area contributed by atoms with Crippen molar-refractivity contribution in [3.63, 3.8) is 0 Å². The Morgan fingerprint density at radius 1 is 0.177 bits per heavy atom. The summed E-state index contributed by atoms with van der Waals surface area (Å²) in [5.41, 5.74) is 21.3. The van der Waals surface area contributed by atoms with Gasteiger partial charge in [0.1, 0.15) is 0 Å². The molecule has 14 aromatic carbocycles. The molecule has 0 atom stereocenters. The second kappa shape index (κ2) is 25.4. The Morgan fingerprint density at radius 3 is 0.844 bits per heavy atom. The zero-order valence-corrected chi connectivity index (χ0v) is 51.8. The SMILES string of the molecule is N#Cc1cccc(-c2ccc(-c3cc4ccc(-c5ccc(-c6nc(-c7ccccc7)nc(-c7ccc(-c8cc9ccccc9cc8-c8ccc(-c9ccccc9C#N)cc8)cc7)n6)cc5)cc4cc3-c3ccc(-c4nc(-c5ccccc5)nc(-c5ccccc5)n4)cc3)cc2)c1. The molecule has 96 heavy (non-hydrogen) atoms. The Hall–Kier alpha value is -13.4. The molecule has 0 saturated carbocycles. The summed E-state index contributed by atoms with van der Waals surface area (Å²) in [5, 5.41) is 24.0. The zero-order valence-electron chi connectivity index (χ0n) is 51.8. The van der Waals surface area contributed by atoms with Crippen molar-refractivity contribution in [2.24, 2.45) is 0 Å². The fraction of sp³-hybridized carbons (Fsp3) is 0. The highest BCUT2D eigenvalue weighted by atomic mass is 15.0. The highest BCUT2D eigenvalue weighted by molar-refractivity contribution is 6.00. The summed E-state index contributed by atoms with van der Waals surface area (Å²) in [6, 6.07) is 117. The molecule has 16 aromatic rings. The highest BCUT2D eigenvalue weighted by Gasteiger charge is 2.19.